The van der Waals surface area contributed by atoms with Gasteiger partial charge in [0.25, 0.3) is 0 Å². The van der Waals surface area contributed by atoms with Crippen molar-refractivity contribution < 1.29 is 27.4 Å². The highest BCUT2D eigenvalue weighted by molar-refractivity contribution is 5.29. The van der Waals surface area contributed by atoms with Crippen molar-refractivity contribution in [3.8, 4) is 0 Å². The zero-order valence-electron chi connectivity index (χ0n) is 10.7. The molecule has 3 nitrogen and oxygen atoms in total. The zero-order valence-corrected chi connectivity index (χ0v) is 10.7. The van der Waals surface area contributed by atoms with Crippen molar-refractivity contribution in [2.24, 2.45) is 11.7 Å². The molecule has 1 fully saturated rings. The number of hydrogen-bond acceptors (Lipinski definition) is 3. The first-order valence-electron chi connectivity index (χ1n) is 6.08. The van der Waals surface area contributed by atoms with Gasteiger partial charge in [0, 0.05) is 11.5 Å². The monoisotopic (exact) mass is 293 g/mol. The van der Waals surface area contributed by atoms with Gasteiger partial charge in [0.15, 0.2) is 6.10 Å². The quantitative estimate of drug-likeness (QED) is 0.819. The van der Waals surface area contributed by atoms with E-state index in [0.29, 0.717) is 0 Å². The second-order valence-corrected chi connectivity index (χ2v) is 5.05. The Balaban J connectivity index is 2.46. The second kappa shape index (κ2) is 4.98. The predicted octanol–water partition coefficient (Wildman–Crippen LogP) is 1.94. The Morgan fingerprint density at radius 1 is 1.40 bits per heavy atom. The summed E-state index contributed by atoms with van der Waals surface area (Å²) in [7, 11) is 0. The summed E-state index contributed by atoms with van der Waals surface area (Å²) in [6.07, 6.45) is -8.46. The molecule has 1 saturated heterocycles. The first-order chi connectivity index (χ1) is 9.18. The van der Waals surface area contributed by atoms with Crippen LogP contribution in [0.4, 0.5) is 17.6 Å². The third-order valence-electron chi connectivity index (χ3n) is 3.74. The van der Waals surface area contributed by atoms with E-state index in [4.69, 9.17) is 10.5 Å². The molecule has 4 atom stereocenters. The molecule has 3 N–H and O–H groups in total. The summed E-state index contributed by atoms with van der Waals surface area (Å²) in [6.45, 7) is 1.10. The van der Waals surface area contributed by atoms with Gasteiger partial charge < -0.3 is 15.6 Å². The molecular formula is C13H15F4NO2. The average Bonchev–Trinajstić information content (AvgIpc) is 2.65. The Bertz CT molecular complexity index is 494. The topological polar surface area (TPSA) is 55.5 Å². The van der Waals surface area contributed by atoms with Crippen molar-refractivity contribution in [2.75, 3.05) is 6.61 Å². The number of benzene rings is 1. The van der Waals surface area contributed by atoms with Crippen LogP contribution in [0.3, 0.4) is 0 Å². The highest BCUT2D eigenvalue weighted by Gasteiger charge is 2.58. The smallest absolute Gasteiger partial charge is 0.383 e. The summed E-state index contributed by atoms with van der Waals surface area (Å²) in [5.74, 6) is -2.19. The van der Waals surface area contributed by atoms with Gasteiger partial charge in [-0.2, -0.15) is 13.2 Å². The number of ether oxygens (including phenoxy) is 1. The van der Waals surface area contributed by atoms with E-state index < -0.39 is 35.7 Å². The minimum atomic E-state index is -4.84. The summed E-state index contributed by atoms with van der Waals surface area (Å²) in [4.78, 5) is 0. The number of aliphatic hydroxyl groups excluding tert-OH is 1. The lowest BCUT2D eigenvalue weighted by Gasteiger charge is -2.35. The van der Waals surface area contributed by atoms with Gasteiger partial charge in [-0.1, -0.05) is 18.2 Å². The molecule has 112 valence electrons. The van der Waals surface area contributed by atoms with Gasteiger partial charge in [-0.15, -0.1) is 0 Å². The molecule has 0 saturated carbocycles. The fourth-order valence-electron chi connectivity index (χ4n) is 2.73. The second-order valence-electron chi connectivity index (χ2n) is 5.05. The van der Waals surface area contributed by atoms with Gasteiger partial charge in [-0.3, -0.25) is 0 Å². The van der Waals surface area contributed by atoms with Crippen LogP contribution >= 0.6 is 0 Å². The number of halogens is 4. The van der Waals surface area contributed by atoms with E-state index >= 15 is 0 Å². The molecule has 1 aliphatic rings. The molecule has 2 rings (SSSR count). The maximum Gasteiger partial charge on any atom is 0.414 e. The van der Waals surface area contributed by atoms with Crippen molar-refractivity contribution in [3.63, 3.8) is 0 Å². The van der Waals surface area contributed by atoms with E-state index in [0.717, 1.165) is 6.07 Å². The van der Waals surface area contributed by atoms with Crippen LogP contribution in [0.1, 0.15) is 12.5 Å². The van der Waals surface area contributed by atoms with Gasteiger partial charge in [0.1, 0.15) is 5.82 Å². The van der Waals surface area contributed by atoms with Crippen LogP contribution in [0.15, 0.2) is 24.3 Å². The van der Waals surface area contributed by atoms with E-state index in [1.807, 2.05) is 0 Å². The lowest BCUT2D eigenvalue weighted by atomic mass is 9.75. The molecule has 1 heterocycles. The molecule has 1 aromatic rings. The highest BCUT2D eigenvalue weighted by atomic mass is 19.4. The van der Waals surface area contributed by atoms with Crippen molar-refractivity contribution in [3.05, 3.63) is 35.6 Å². The molecule has 0 aliphatic carbocycles. The number of nitrogens with two attached hydrogens (primary N) is 1. The van der Waals surface area contributed by atoms with Crippen LogP contribution < -0.4 is 5.73 Å². The van der Waals surface area contributed by atoms with Crippen LogP contribution in [0.25, 0.3) is 0 Å². The Morgan fingerprint density at radius 3 is 2.55 bits per heavy atom. The van der Waals surface area contributed by atoms with Crippen molar-refractivity contribution >= 4 is 0 Å². The van der Waals surface area contributed by atoms with Gasteiger partial charge in [0.05, 0.1) is 18.2 Å². The van der Waals surface area contributed by atoms with E-state index in [1.165, 1.54) is 25.1 Å². The lowest BCUT2D eigenvalue weighted by Crippen LogP contribution is -2.54. The van der Waals surface area contributed by atoms with Gasteiger partial charge >= 0.3 is 6.18 Å². The standard InChI is InChI=1S/C13H15F4NO2/c1-7-10(11(19)13(15,16)17)12(18,6-20-7)8-4-2-3-5-9(8)14/h2-5,7,10-11,19H,6,18H2,1H3/t7-,10+,11?,12-/m1/s1. The summed E-state index contributed by atoms with van der Waals surface area (Å²) >= 11 is 0. The number of aliphatic hydroxyl groups is 1. The third kappa shape index (κ3) is 2.41. The Hall–Kier alpha value is -1.18. The summed E-state index contributed by atoms with van der Waals surface area (Å²) in [6, 6.07) is 5.32. The molecule has 0 bridgehead atoms. The van der Waals surface area contributed by atoms with E-state index in [1.54, 1.807) is 0 Å². The zero-order chi connectivity index (χ0) is 15.1. The van der Waals surface area contributed by atoms with E-state index in [9.17, 15) is 22.7 Å². The average molecular weight is 293 g/mol. The first-order valence-corrected chi connectivity index (χ1v) is 6.08. The molecule has 1 aliphatic heterocycles. The molecular weight excluding hydrogens is 278 g/mol. The molecule has 0 aromatic heterocycles. The Morgan fingerprint density at radius 2 is 2.00 bits per heavy atom. The van der Waals surface area contributed by atoms with Crippen LogP contribution in [0.5, 0.6) is 0 Å². The Labute approximate surface area is 113 Å². The maximum absolute atomic E-state index is 13.8. The number of hydrogen-bond donors (Lipinski definition) is 2. The van der Waals surface area contributed by atoms with Crippen LogP contribution in [0.2, 0.25) is 0 Å². The molecule has 1 unspecified atom stereocenters. The van der Waals surface area contributed by atoms with Crippen molar-refractivity contribution in [2.45, 2.75) is 30.8 Å². The summed E-state index contributed by atoms with van der Waals surface area (Å²) in [5.41, 5.74) is 4.18. The molecule has 7 heteroatoms. The minimum Gasteiger partial charge on any atom is -0.383 e. The molecule has 0 amide bonds. The fourth-order valence-corrected chi connectivity index (χ4v) is 2.73. The largest absolute Gasteiger partial charge is 0.414 e. The van der Waals surface area contributed by atoms with E-state index in [-0.39, 0.29) is 12.2 Å². The molecule has 20 heavy (non-hydrogen) atoms. The van der Waals surface area contributed by atoms with Crippen LogP contribution in [0, 0.1) is 11.7 Å². The van der Waals surface area contributed by atoms with Crippen molar-refractivity contribution in [1.82, 2.24) is 0 Å². The molecule has 0 radical (unpaired) electrons. The lowest BCUT2D eigenvalue weighted by molar-refractivity contribution is -0.227. The van der Waals surface area contributed by atoms with Crippen LogP contribution in [-0.2, 0) is 10.3 Å². The summed E-state index contributed by atoms with van der Waals surface area (Å²) in [5, 5.41) is 9.54. The molecule has 0 spiro atoms. The van der Waals surface area contributed by atoms with Gasteiger partial charge in [0.2, 0.25) is 0 Å². The minimum absolute atomic E-state index is 0.0855. The SMILES string of the molecule is C[C@H]1OC[C@@](N)(c2ccccc2F)[C@@H]1C(O)C(F)(F)F. The Kier molecular flexibility index (Phi) is 3.79. The van der Waals surface area contributed by atoms with Gasteiger partial charge in [-0.05, 0) is 13.0 Å². The number of rotatable bonds is 2. The van der Waals surface area contributed by atoms with E-state index in [2.05, 4.69) is 0 Å². The maximum atomic E-state index is 13.8. The normalized spacial score (nSPS) is 32.4. The fraction of sp³-hybridized carbons (Fsp3) is 0.538. The first kappa shape index (κ1) is 15.2. The van der Waals surface area contributed by atoms with Gasteiger partial charge in [-0.25, -0.2) is 4.39 Å². The highest BCUT2D eigenvalue weighted by Crippen LogP contribution is 2.44. The summed E-state index contributed by atoms with van der Waals surface area (Å²) < 4.78 is 57.3. The number of alkyl halides is 3. The van der Waals surface area contributed by atoms with Crippen LogP contribution in [-0.4, -0.2) is 30.1 Å². The predicted molar refractivity (Wildman–Crippen MR) is 63.2 cm³/mol. The third-order valence-corrected chi connectivity index (χ3v) is 3.74. The molecule has 1 aromatic carbocycles. The van der Waals surface area contributed by atoms with Crippen molar-refractivity contribution in [1.29, 1.82) is 0 Å².